The van der Waals surface area contributed by atoms with Crippen LogP contribution in [0, 0.1) is 5.41 Å². The maximum absolute atomic E-state index is 12.1. The number of carboxylic acid groups (broad SMARTS) is 1. The van der Waals surface area contributed by atoms with Crippen LogP contribution in [0.25, 0.3) is 0 Å². The third-order valence-electron chi connectivity index (χ3n) is 4.83. The Labute approximate surface area is 114 Å². The van der Waals surface area contributed by atoms with Crippen molar-refractivity contribution in [1.29, 1.82) is 0 Å². The van der Waals surface area contributed by atoms with Crippen molar-refractivity contribution in [3.8, 4) is 0 Å². The first kappa shape index (κ1) is 14.2. The summed E-state index contributed by atoms with van der Waals surface area (Å²) in [5, 5.41) is 12.1. The van der Waals surface area contributed by atoms with Crippen LogP contribution in [0.15, 0.2) is 0 Å². The molecule has 0 aromatic rings. The molecule has 2 amide bonds. The second-order valence-corrected chi connectivity index (χ2v) is 5.91. The lowest BCUT2D eigenvalue weighted by Gasteiger charge is -2.30. The van der Waals surface area contributed by atoms with Crippen LogP contribution in [-0.2, 0) is 4.79 Å². The third-order valence-corrected chi connectivity index (χ3v) is 4.83. The summed E-state index contributed by atoms with van der Waals surface area (Å²) in [6, 6.07) is -0.842. The first-order chi connectivity index (χ1) is 9.08. The van der Waals surface area contributed by atoms with Gasteiger partial charge in [0, 0.05) is 13.1 Å². The van der Waals surface area contributed by atoms with E-state index in [-0.39, 0.29) is 11.4 Å². The van der Waals surface area contributed by atoms with E-state index >= 15 is 0 Å². The fraction of sp³-hybridized carbons (Fsp3) is 0.857. The zero-order chi connectivity index (χ0) is 13.9. The van der Waals surface area contributed by atoms with Crippen LogP contribution in [0.4, 0.5) is 4.79 Å². The lowest BCUT2D eigenvalue weighted by Crippen LogP contribution is -2.48. The highest BCUT2D eigenvalue weighted by atomic mass is 16.4. The highest BCUT2D eigenvalue weighted by molar-refractivity contribution is 5.83. The summed E-state index contributed by atoms with van der Waals surface area (Å²) < 4.78 is 0. The number of nitrogens with zero attached hydrogens (tertiary/aromatic N) is 1. The van der Waals surface area contributed by atoms with E-state index in [9.17, 15) is 9.59 Å². The lowest BCUT2D eigenvalue weighted by molar-refractivity contribution is -0.141. The molecule has 0 unspecified atom stereocenters. The lowest BCUT2D eigenvalue weighted by atomic mass is 9.83. The van der Waals surface area contributed by atoms with E-state index in [0.29, 0.717) is 19.5 Å². The van der Waals surface area contributed by atoms with Crippen LogP contribution >= 0.6 is 0 Å². The molecule has 5 nitrogen and oxygen atoms in total. The van der Waals surface area contributed by atoms with E-state index < -0.39 is 12.0 Å². The predicted molar refractivity (Wildman–Crippen MR) is 72.0 cm³/mol. The Bertz CT molecular complexity index is 351. The molecule has 1 atom stereocenters. The molecule has 1 saturated heterocycles. The van der Waals surface area contributed by atoms with Crippen molar-refractivity contribution < 1.29 is 14.7 Å². The van der Waals surface area contributed by atoms with Crippen molar-refractivity contribution in [2.75, 3.05) is 13.1 Å². The van der Waals surface area contributed by atoms with Crippen LogP contribution < -0.4 is 5.32 Å². The van der Waals surface area contributed by atoms with Crippen LogP contribution in [0.2, 0.25) is 0 Å². The number of carboxylic acids is 1. The maximum Gasteiger partial charge on any atom is 0.326 e. The Balaban J connectivity index is 1.88. The number of carbonyl (C=O) groups is 2. The summed E-state index contributed by atoms with van der Waals surface area (Å²) in [6.07, 6.45) is 7.26. The van der Waals surface area contributed by atoms with Crippen molar-refractivity contribution in [3.63, 3.8) is 0 Å². The highest BCUT2D eigenvalue weighted by Gasteiger charge is 2.36. The Morgan fingerprint density at radius 3 is 2.58 bits per heavy atom. The number of hydrogen-bond donors (Lipinski definition) is 2. The van der Waals surface area contributed by atoms with Crippen molar-refractivity contribution in [2.24, 2.45) is 5.41 Å². The molecule has 19 heavy (non-hydrogen) atoms. The number of aliphatic carboxylic acids is 1. The second kappa shape index (κ2) is 5.80. The van der Waals surface area contributed by atoms with Crippen molar-refractivity contribution in [1.82, 2.24) is 10.2 Å². The van der Waals surface area contributed by atoms with Gasteiger partial charge in [-0.05, 0) is 37.5 Å². The van der Waals surface area contributed by atoms with E-state index in [1.165, 1.54) is 30.6 Å². The molecule has 1 saturated carbocycles. The Morgan fingerprint density at radius 1 is 1.32 bits per heavy atom. The van der Waals surface area contributed by atoms with Gasteiger partial charge in [-0.1, -0.05) is 19.8 Å². The van der Waals surface area contributed by atoms with Gasteiger partial charge in [-0.15, -0.1) is 0 Å². The number of nitrogens with one attached hydrogen (secondary N) is 1. The summed E-state index contributed by atoms with van der Waals surface area (Å²) in [7, 11) is 0. The monoisotopic (exact) mass is 268 g/mol. The fourth-order valence-corrected chi connectivity index (χ4v) is 3.41. The molecule has 5 heteroatoms. The van der Waals surface area contributed by atoms with E-state index in [4.69, 9.17) is 5.11 Å². The molecular formula is C14H24N2O3. The molecule has 2 aliphatic rings. The van der Waals surface area contributed by atoms with Gasteiger partial charge in [-0.25, -0.2) is 9.59 Å². The predicted octanol–water partition coefficient (Wildman–Crippen LogP) is 2.22. The standard InChI is InChI=1S/C14H24N2O3/c1-2-14(7-3-4-8-14)10-15-13(19)16-9-5-6-11(16)12(17)18/h11H,2-10H2,1H3,(H,15,19)(H,17,18)/t11-/m0/s1. The number of amides is 2. The van der Waals surface area contributed by atoms with Gasteiger partial charge >= 0.3 is 12.0 Å². The minimum Gasteiger partial charge on any atom is -0.480 e. The van der Waals surface area contributed by atoms with Gasteiger partial charge in [-0.2, -0.15) is 0 Å². The average molecular weight is 268 g/mol. The molecule has 0 aromatic carbocycles. The summed E-state index contributed by atoms with van der Waals surface area (Å²) in [6.45, 7) is 3.42. The van der Waals surface area contributed by atoms with Crippen LogP contribution in [0.5, 0.6) is 0 Å². The van der Waals surface area contributed by atoms with E-state index in [0.717, 1.165) is 12.8 Å². The molecule has 2 N–H and O–H groups in total. The summed E-state index contributed by atoms with van der Waals surface area (Å²) in [5.74, 6) is -0.890. The SMILES string of the molecule is CCC1(CNC(=O)N2CCC[C@H]2C(=O)O)CCCC1. The quantitative estimate of drug-likeness (QED) is 0.821. The van der Waals surface area contributed by atoms with Crippen molar-refractivity contribution >= 4 is 12.0 Å². The molecular weight excluding hydrogens is 244 g/mol. The van der Waals surface area contributed by atoms with Crippen LogP contribution in [-0.4, -0.2) is 41.1 Å². The minimum absolute atomic E-state index is 0.204. The van der Waals surface area contributed by atoms with Crippen LogP contribution in [0.1, 0.15) is 51.9 Å². The maximum atomic E-state index is 12.1. The molecule has 108 valence electrons. The molecule has 0 spiro atoms. The van der Waals surface area contributed by atoms with Crippen molar-refractivity contribution in [3.05, 3.63) is 0 Å². The molecule has 0 radical (unpaired) electrons. The smallest absolute Gasteiger partial charge is 0.326 e. The summed E-state index contributed by atoms with van der Waals surface area (Å²) in [5.41, 5.74) is 0.244. The largest absolute Gasteiger partial charge is 0.480 e. The van der Waals surface area contributed by atoms with Gasteiger partial charge in [0.2, 0.25) is 0 Å². The van der Waals surface area contributed by atoms with Gasteiger partial charge in [0.25, 0.3) is 0 Å². The van der Waals surface area contributed by atoms with Gasteiger partial charge in [0.15, 0.2) is 0 Å². The normalized spacial score (nSPS) is 25.5. The van der Waals surface area contributed by atoms with Gasteiger partial charge in [0.05, 0.1) is 0 Å². The average Bonchev–Trinajstić information content (AvgIpc) is 3.05. The second-order valence-electron chi connectivity index (χ2n) is 5.91. The van der Waals surface area contributed by atoms with Gasteiger partial charge in [0.1, 0.15) is 6.04 Å². The minimum atomic E-state index is -0.890. The first-order valence-electron chi connectivity index (χ1n) is 7.35. The molecule has 1 aliphatic carbocycles. The number of likely N-dealkylation sites (tertiary alicyclic amines) is 1. The molecule has 1 heterocycles. The summed E-state index contributed by atoms with van der Waals surface area (Å²) in [4.78, 5) is 24.7. The Hall–Kier alpha value is -1.26. The van der Waals surface area contributed by atoms with E-state index in [1.807, 2.05) is 0 Å². The highest BCUT2D eigenvalue weighted by Crippen LogP contribution is 2.40. The zero-order valence-corrected chi connectivity index (χ0v) is 11.7. The van der Waals surface area contributed by atoms with Gasteiger partial charge < -0.3 is 15.3 Å². The number of hydrogen-bond acceptors (Lipinski definition) is 2. The number of urea groups is 1. The third kappa shape index (κ3) is 3.01. The number of carbonyl (C=O) groups excluding carboxylic acids is 1. The molecule has 0 bridgehead atoms. The molecule has 2 rings (SSSR count). The summed E-state index contributed by atoms with van der Waals surface area (Å²) >= 11 is 0. The molecule has 1 aliphatic heterocycles. The van der Waals surface area contributed by atoms with Crippen LogP contribution in [0.3, 0.4) is 0 Å². The Morgan fingerprint density at radius 2 is 2.00 bits per heavy atom. The van der Waals surface area contributed by atoms with E-state index in [1.54, 1.807) is 0 Å². The zero-order valence-electron chi connectivity index (χ0n) is 11.7. The Kier molecular flexibility index (Phi) is 4.32. The van der Waals surface area contributed by atoms with Crippen molar-refractivity contribution in [2.45, 2.75) is 57.9 Å². The van der Waals surface area contributed by atoms with Gasteiger partial charge in [-0.3, -0.25) is 0 Å². The molecule has 0 aromatic heterocycles. The topological polar surface area (TPSA) is 69.6 Å². The first-order valence-corrected chi connectivity index (χ1v) is 7.35. The fourth-order valence-electron chi connectivity index (χ4n) is 3.41. The van der Waals surface area contributed by atoms with E-state index in [2.05, 4.69) is 12.2 Å². The molecule has 2 fully saturated rings. The number of rotatable bonds is 4.